The molecule has 98 valence electrons. The highest BCUT2D eigenvalue weighted by molar-refractivity contribution is 8.89. The molecule has 0 radical (unpaired) electrons. The Hall–Kier alpha value is 1.24. The zero-order valence-corrected chi connectivity index (χ0v) is 13.9. The molecule has 6 heteroatoms. The van der Waals surface area contributed by atoms with Gasteiger partial charge in [-0.15, -0.1) is 0 Å². The van der Waals surface area contributed by atoms with Crippen molar-refractivity contribution in [2.24, 2.45) is 0 Å². The van der Waals surface area contributed by atoms with E-state index in [0.717, 1.165) is 23.7 Å². The first-order chi connectivity index (χ1) is 7.58. The molecule has 0 amide bonds. The highest BCUT2D eigenvalue weighted by atomic mass is 33.1. The minimum absolute atomic E-state index is 0.538. The topological polar surface area (TPSA) is 26.3 Å². The largest absolute Gasteiger partial charge is 0.314 e. The first-order valence-corrected chi connectivity index (χ1v) is 11.6. The lowest BCUT2D eigenvalue weighted by Crippen LogP contribution is -2.00. The van der Waals surface area contributed by atoms with Crippen molar-refractivity contribution in [3.8, 4) is 0 Å². The van der Waals surface area contributed by atoms with Gasteiger partial charge >= 0.3 is 5.77 Å². The lowest BCUT2D eigenvalue weighted by Gasteiger charge is -2.17. The van der Waals surface area contributed by atoms with Crippen LogP contribution in [0.4, 0.5) is 0 Å². The summed E-state index contributed by atoms with van der Waals surface area (Å²) in [7, 11) is 0. The maximum absolute atomic E-state index is 12.4. The summed E-state index contributed by atoms with van der Waals surface area (Å²) in [5.41, 5.74) is 0. The van der Waals surface area contributed by atoms with Crippen LogP contribution in [-0.2, 0) is 9.09 Å². The fourth-order valence-corrected chi connectivity index (χ4v) is 9.43. The Morgan fingerprint density at radius 3 is 2.44 bits per heavy atom. The van der Waals surface area contributed by atoms with Crippen molar-refractivity contribution < 1.29 is 9.09 Å². The van der Waals surface area contributed by atoms with Crippen molar-refractivity contribution in [3.05, 3.63) is 0 Å². The molecule has 0 aliphatic carbocycles. The van der Waals surface area contributed by atoms with E-state index in [9.17, 15) is 4.57 Å². The molecule has 0 spiro atoms. The molecule has 0 fully saturated rings. The molecule has 0 rings (SSSR count). The molecule has 2 atom stereocenters. The predicted molar refractivity (Wildman–Crippen MR) is 82.0 cm³/mol. The van der Waals surface area contributed by atoms with E-state index in [1.807, 2.05) is 18.7 Å². The lowest BCUT2D eigenvalue weighted by molar-refractivity contribution is 0.357. The van der Waals surface area contributed by atoms with Gasteiger partial charge in [-0.3, -0.25) is 4.57 Å². The quantitative estimate of drug-likeness (QED) is 0.520. The third-order valence-electron chi connectivity index (χ3n) is 1.66. The summed E-state index contributed by atoms with van der Waals surface area (Å²) in [6, 6.07) is 0. The molecule has 2 unspecified atom stereocenters. The molecule has 0 saturated heterocycles. The van der Waals surface area contributed by atoms with Crippen molar-refractivity contribution in [2.75, 3.05) is 23.9 Å². The normalized spacial score (nSPS) is 17.0. The van der Waals surface area contributed by atoms with Crippen LogP contribution in [0.25, 0.3) is 0 Å². The maximum atomic E-state index is 12.4. The summed E-state index contributed by atoms with van der Waals surface area (Å²) in [6.45, 7) is 8.88. The zero-order chi connectivity index (χ0) is 12.4. The summed E-state index contributed by atoms with van der Waals surface area (Å²) >= 11 is 4.91. The van der Waals surface area contributed by atoms with Gasteiger partial charge in [0.2, 0.25) is 0 Å². The third kappa shape index (κ3) is 8.35. The standard InChI is InChI=1S/C10H23O2PS3/c1-5-8-15-13(11,12-6-2)16-9-10(4)14-7-3/h10H,5-9H2,1-4H3. The SMILES string of the molecule is CCCSP(=O)(OCC)SCC(C)SCC. The number of thioether (sulfide) groups is 1. The van der Waals surface area contributed by atoms with Crippen LogP contribution in [0.5, 0.6) is 0 Å². The van der Waals surface area contributed by atoms with Gasteiger partial charge < -0.3 is 4.52 Å². The number of hydrogen-bond donors (Lipinski definition) is 0. The molecule has 0 saturated carbocycles. The van der Waals surface area contributed by atoms with E-state index in [1.54, 1.807) is 0 Å². The second-order valence-corrected chi connectivity index (χ2v) is 12.5. The van der Waals surface area contributed by atoms with Crippen molar-refractivity contribution >= 4 is 40.3 Å². The Kier molecular flexibility index (Phi) is 11.0. The zero-order valence-electron chi connectivity index (χ0n) is 10.6. The van der Waals surface area contributed by atoms with Crippen molar-refractivity contribution in [2.45, 2.75) is 39.4 Å². The van der Waals surface area contributed by atoms with Crippen LogP contribution in [-0.4, -0.2) is 29.1 Å². The van der Waals surface area contributed by atoms with Crippen LogP contribution in [0.3, 0.4) is 0 Å². The molecule has 0 aromatic carbocycles. The summed E-state index contributed by atoms with van der Waals surface area (Å²) in [5, 5.41) is 0.547. The second-order valence-electron chi connectivity index (χ2n) is 3.26. The second kappa shape index (κ2) is 10.2. The van der Waals surface area contributed by atoms with E-state index in [4.69, 9.17) is 4.52 Å². The van der Waals surface area contributed by atoms with E-state index in [0.29, 0.717) is 11.9 Å². The molecule has 0 aromatic rings. The van der Waals surface area contributed by atoms with Crippen LogP contribution >= 0.6 is 40.3 Å². The molecule has 0 heterocycles. The summed E-state index contributed by atoms with van der Waals surface area (Å²) in [5.74, 6) is 0.446. The number of rotatable bonds is 10. The molecule has 0 aliphatic rings. The van der Waals surface area contributed by atoms with E-state index >= 15 is 0 Å². The van der Waals surface area contributed by atoms with E-state index < -0.39 is 5.77 Å². The van der Waals surface area contributed by atoms with Gasteiger partial charge in [-0.25, -0.2) is 0 Å². The smallest absolute Gasteiger partial charge is 0.313 e. The predicted octanol–water partition coefficient (Wildman–Crippen LogP) is 5.15. The van der Waals surface area contributed by atoms with Crippen LogP contribution in [0.1, 0.15) is 34.1 Å². The Balaban J connectivity index is 4.05. The van der Waals surface area contributed by atoms with Crippen LogP contribution in [0, 0.1) is 0 Å². The Morgan fingerprint density at radius 2 is 1.94 bits per heavy atom. The average molecular weight is 302 g/mol. The molecule has 0 N–H and O–H groups in total. The minimum atomic E-state index is -2.49. The first-order valence-electron chi connectivity index (χ1n) is 5.73. The summed E-state index contributed by atoms with van der Waals surface area (Å²) < 4.78 is 17.8. The highest BCUT2D eigenvalue weighted by Gasteiger charge is 2.24. The molecular weight excluding hydrogens is 279 g/mol. The molecule has 2 nitrogen and oxygen atoms in total. The Labute approximate surface area is 112 Å². The van der Waals surface area contributed by atoms with E-state index in [-0.39, 0.29) is 0 Å². The van der Waals surface area contributed by atoms with Gasteiger partial charge in [0.1, 0.15) is 0 Å². The third-order valence-corrected chi connectivity index (χ3v) is 10.8. The summed E-state index contributed by atoms with van der Waals surface area (Å²) in [4.78, 5) is 0. The van der Waals surface area contributed by atoms with Gasteiger partial charge in [-0.1, -0.05) is 43.5 Å². The fraction of sp³-hybridized carbons (Fsp3) is 1.00. The van der Waals surface area contributed by atoms with Crippen molar-refractivity contribution in [1.29, 1.82) is 0 Å². The Bertz CT molecular complexity index is 214. The van der Waals surface area contributed by atoms with Gasteiger partial charge in [0.15, 0.2) is 0 Å². The fourth-order valence-electron chi connectivity index (χ4n) is 1.00. The molecular formula is C10H23O2PS3. The van der Waals surface area contributed by atoms with Crippen LogP contribution < -0.4 is 0 Å². The van der Waals surface area contributed by atoms with Crippen LogP contribution in [0.15, 0.2) is 0 Å². The van der Waals surface area contributed by atoms with Crippen LogP contribution in [0.2, 0.25) is 0 Å². The first kappa shape index (κ1) is 17.2. The van der Waals surface area contributed by atoms with Gasteiger partial charge in [0, 0.05) is 16.8 Å². The maximum Gasteiger partial charge on any atom is 0.313 e. The molecule has 16 heavy (non-hydrogen) atoms. The highest BCUT2D eigenvalue weighted by Crippen LogP contribution is 2.70. The monoisotopic (exact) mass is 302 g/mol. The summed E-state index contributed by atoms with van der Waals surface area (Å²) in [6.07, 6.45) is 1.04. The van der Waals surface area contributed by atoms with Gasteiger partial charge in [0.05, 0.1) is 6.61 Å². The van der Waals surface area contributed by atoms with Gasteiger partial charge in [-0.2, -0.15) is 11.8 Å². The lowest BCUT2D eigenvalue weighted by atomic mass is 10.6. The average Bonchev–Trinajstić information content (AvgIpc) is 2.25. The molecule has 0 aliphatic heterocycles. The number of hydrogen-bond acceptors (Lipinski definition) is 5. The van der Waals surface area contributed by atoms with Crippen molar-refractivity contribution in [1.82, 2.24) is 0 Å². The van der Waals surface area contributed by atoms with Crippen molar-refractivity contribution in [3.63, 3.8) is 0 Å². The van der Waals surface area contributed by atoms with E-state index in [2.05, 4.69) is 20.8 Å². The minimum Gasteiger partial charge on any atom is -0.314 e. The Morgan fingerprint density at radius 1 is 1.25 bits per heavy atom. The van der Waals surface area contributed by atoms with E-state index in [1.165, 1.54) is 22.8 Å². The molecule has 0 bridgehead atoms. The van der Waals surface area contributed by atoms with Gasteiger partial charge in [0.25, 0.3) is 0 Å². The van der Waals surface area contributed by atoms with Gasteiger partial charge in [-0.05, 0) is 19.1 Å². The molecule has 0 aromatic heterocycles.